The van der Waals surface area contributed by atoms with Crippen LogP contribution in [0.5, 0.6) is 5.75 Å². The molecular formula is C35H35N3O5. The fourth-order valence-corrected chi connectivity index (χ4v) is 4.76. The lowest BCUT2D eigenvalue weighted by Crippen LogP contribution is -2.52. The van der Waals surface area contributed by atoms with Crippen LogP contribution in [0.1, 0.15) is 43.5 Å². The summed E-state index contributed by atoms with van der Waals surface area (Å²) < 4.78 is 5.43. The number of benzene rings is 4. The molecule has 0 bridgehead atoms. The number of amides is 3. The van der Waals surface area contributed by atoms with Gasteiger partial charge in [-0.3, -0.25) is 9.59 Å². The topological polar surface area (TPSA) is 108 Å². The Morgan fingerprint density at radius 2 is 1.58 bits per heavy atom. The summed E-state index contributed by atoms with van der Waals surface area (Å²) >= 11 is 0. The van der Waals surface area contributed by atoms with E-state index in [-0.39, 0.29) is 12.2 Å². The Kier molecular flexibility index (Phi) is 9.36. The zero-order valence-corrected chi connectivity index (χ0v) is 24.6. The number of terminal acetylenes is 1. The number of likely N-dealkylation sites (N-methyl/N-ethyl adjacent to an activating group) is 1. The number of carbonyl (C=O) groups excluding carboxylic acids is 3. The zero-order chi connectivity index (χ0) is 31.1. The molecule has 0 aromatic heterocycles. The Labute approximate surface area is 251 Å². The number of phenols is 1. The van der Waals surface area contributed by atoms with Gasteiger partial charge in [0.15, 0.2) is 0 Å². The third-order valence-electron chi connectivity index (χ3n) is 6.78. The minimum atomic E-state index is -1.13. The Morgan fingerprint density at radius 1 is 0.930 bits per heavy atom. The Balaban J connectivity index is 1.69. The smallest absolute Gasteiger partial charge is 0.408 e. The van der Waals surface area contributed by atoms with Crippen LogP contribution in [-0.2, 0) is 20.7 Å². The Bertz CT molecular complexity index is 1670. The van der Waals surface area contributed by atoms with Gasteiger partial charge in [0.05, 0.1) is 0 Å². The number of nitrogens with zero attached hydrogens (tertiary/aromatic N) is 1. The number of alkyl carbamates (subject to hydrolysis) is 1. The number of fused-ring (bicyclic) bond motifs is 1. The second-order valence-corrected chi connectivity index (χ2v) is 11.2. The molecule has 8 heteroatoms. The first kappa shape index (κ1) is 30.7. The van der Waals surface area contributed by atoms with Gasteiger partial charge in [-0.15, -0.1) is 6.42 Å². The van der Waals surface area contributed by atoms with E-state index in [9.17, 15) is 19.5 Å². The average Bonchev–Trinajstić information content (AvgIpc) is 2.97. The Morgan fingerprint density at radius 3 is 2.26 bits per heavy atom. The van der Waals surface area contributed by atoms with Crippen LogP contribution < -0.4 is 10.6 Å². The number of hydrogen-bond donors (Lipinski definition) is 3. The normalized spacial score (nSPS) is 12.4. The van der Waals surface area contributed by atoms with Gasteiger partial charge in [0.25, 0.3) is 5.91 Å². The number of rotatable bonds is 8. The predicted molar refractivity (Wildman–Crippen MR) is 167 cm³/mol. The van der Waals surface area contributed by atoms with Gasteiger partial charge in [-0.25, -0.2) is 4.79 Å². The number of phenolic OH excluding ortho intramolecular Hbond substituents is 1. The van der Waals surface area contributed by atoms with E-state index in [0.717, 1.165) is 10.8 Å². The first-order valence-corrected chi connectivity index (χ1v) is 13.8. The van der Waals surface area contributed by atoms with Gasteiger partial charge >= 0.3 is 6.09 Å². The van der Waals surface area contributed by atoms with Gasteiger partial charge in [0.1, 0.15) is 23.4 Å². The number of ether oxygens (including phenoxy) is 1. The maximum Gasteiger partial charge on any atom is 0.408 e. The molecule has 0 fully saturated rings. The van der Waals surface area contributed by atoms with Crippen molar-refractivity contribution in [3.63, 3.8) is 0 Å². The maximum absolute atomic E-state index is 14.1. The highest BCUT2D eigenvalue weighted by Gasteiger charge is 2.35. The monoisotopic (exact) mass is 577 g/mol. The average molecular weight is 578 g/mol. The van der Waals surface area contributed by atoms with Crippen molar-refractivity contribution < 1.29 is 24.2 Å². The standard InChI is InChI=1S/C35H35N3O5/c1-6-24-11-9-10-14-29(24)31(32(40)36-27-18-17-25-12-7-8-13-26(25)22-27)38(5)33(41)30(37-34(42)43-35(2,3)4)21-23-15-19-28(39)20-16-23/h1,7-20,22,30-31,39H,21H2,2-5H3,(H,36,40)(H,37,42). The van der Waals surface area contributed by atoms with E-state index in [1.165, 1.54) is 24.1 Å². The molecule has 2 unspecified atom stereocenters. The van der Waals surface area contributed by atoms with Crippen molar-refractivity contribution in [1.29, 1.82) is 0 Å². The molecule has 220 valence electrons. The van der Waals surface area contributed by atoms with E-state index < -0.39 is 35.6 Å². The molecule has 8 nitrogen and oxygen atoms in total. The third-order valence-corrected chi connectivity index (χ3v) is 6.78. The van der Waals surface area contributed by atoms with Crippen molar-refractivity contribution >= 4 is 34.4 Å². The molecule has 0 spiro atoms. The van der Waals surface area contributed by atoms with Crippen molar-refractivity contribution in [2.24, 2.45) is 0 Å². The number of carbonyl (C=O) groups is 3. The molecule has 0 saturated heterocycles. The summed E-state index contributed by atoms with van der Waals surface area (Å²) in [6.07, 6.45) is 5.10. The summed E-state index contributed by atoms with van der Waals surface area (Å²) in [5.74, 6) is 1.67. The fraction of sp³-hybridized carbons (Fsp3) is 0.229. The molecule has 3 N–H and O–H groups in total. The molecule has 0 aliphatic rings. The van der Waals surface area contributed by atoms with Crippen LogP contribution in [0.2, 0.25) is 0 Å². The maximum atomic E-state index is 14.1. The van der Waals surface area contributed by atoms with Crippen molar-refractivity contribution in [2.45, 2.75) is 44.9 Å². The first-order chi connectivity index (χ1) is 20.4. The number of aromatic hydroxyl groups is 1. The van der Waals surface area contributed by atoms with Crippen molar-refractivity contribution in [3.8, 4) is 18.1 Å². The second-order valence-electron chi connectivity index (χ2n) is 11.2. The van der Waals surface area contributed by atoms with Crippen LogP contribution in [0, 0.1) is 12.3 Å². The van der Waals surface area contributed by atoms with Gasteiger partial charge in [-0.2, -0.15) is 0 Å². The molecule has 4 aromatic carbocycles. The van der Waals surface area contributed by atoms with Crippen LogP contribution in [0.4, 0.5) is 10.5 Å². The molecule has 0 aliphatic carbocycles. The van der Waals surface area contributed by atoms with Gasteiger partial charge in [-0.1, -0.05) is 66.6 Å². The fourth-order valence-electron chi connectivity index (χ4n) is 4.76. The number of nitrogens with one attached hydrogen (secondary N) is 2. The van der Waals surface area contributed by atoms with E-state index in [2.05, 4.69) is 16.6 Å². The molecule has 3 amide bonds. The van der Waals surface area contributed by atoms with Crippen LogP contribution in [0.3, 0.4) is 0 Å². The van der Waals surface area contributed by atoms with Crippen LogP contribution >= 0.6 is 0 Å². The zero-order valence-electron chi connectivity index (χ0n) is 24.6. The van der Waals surface area contributed by atoms with Gasteiger partial charge in [-0.05, 0) is 73.0 Å². The summed E-state index contributed by atoms with van der Waals surface area (Å²) in [4.78, 5) is 42.2. The van der Waals surface area contributed by atoms with Crippen molar-refractivity contribution in [1.82, 2.24) is 10.2 Å². The first-order valence-electron chi connectivity index (χ1n) is 13.8. The lowest BCUT2D eigenvalue weighted by atomic mass is 9.97. The summed E-state index contributed by atoms with van der Waals surface area (Å²) in [5.41, 5.74) is 1.36. The number of anilines is 1. The molecule has 0 aliphatic heterocycles. The third kappa shape index (κ3) is 7.92. The molecule has 43 heavy (non-hydrogen) atoms. The van der Waals surface area contributed by atoms with Crippen molar-refractivity contribution in [2.75, 3.05) is 12.4 Å². The second kappa shape index (κ2) is 13.1. The molecular weight excluding hydrogens is 542 g/mol. The predicted octanol–water partition coefficient (Wildman–Crippen LogP) is 5.80. The van der Waals surface area contributed by atoms with E-state index in [1.807, 2.05) is 36.4 Å². The lowest BCUT2D eigenvalue weighted by molar-refractivity contribution is -0.139. The molecule has 0 heterocycles. The quantitative estimate of drug-likeness (QED) is 0.230. The molecule has 2 atom stereocenters. The minimum absolute atomic E-state index is 0.0696. The van der Waals surface area contributed by atoms with E-state index in [1.54, 1.807) is 63.2 Å². The molecule has 0 radical (unpaired) electrons. The highest BCUT2D eigenvalue weighted by atomic mass is 16.6. The van der Waals surface area contributed by atoms with Crippen LogP contribution in [-0.4, -0.2) is 46.6 Å². The summed E-state index contributed by atoms with van der Waals surface area (Å²) in [5, 5.41) is 17.3. The van der Waals surface area contributed by atoms with Crippen LogP contribution in [0.25, 0.3) is 10.8 Å². The summed E-state index contributed by atoms with van der Waals surface area (Å²) in [6.45, 7) is 5.16. The largest absolute Gasteiger partial charge is 0.508 e. The van der Waals surface area contributed by atoms with Gasteiger partial charge in [0, 0.05) is 24.7 Å². The highest BCUT2D eigenvalue weighted by molar-refractivity contribution is 6.00. The Hall–Kier alpha value is -5.29. The highest BCUT2D eigenvalue weighted by Crippen LogP contribution is 2.27. The van der Waals surface area contributed by atoms with E-state index in [0.29, 0.717) is 22.4 Å². The summed E-state index contributed by atoms with van der Waals surface area (Å²) in [7, 11) is 1.50. The van der Waals surface area contributed by atoms with E-state index >= 15 is 0 Å². The lowest BCUT2D eigenvalue weighted by Gasteiger charge is -2.32. The van der Waals surface area contributed by atoms with Crippen LogP contribution in [0.15, 0.2) is 91.0 Å². The minimum Gasteiger partial charge on any atom is -0.508 e. The molecule has 4 rings (SSSR count). The van der Waals surface area contributed by atoms with Gasteiger partial charge < -0.3 is 25.4 Å². The van der Waals surface area contributed by atoms with Crippen molar-refractivity contribution in [3.05, 3.63) is 108 Å². The molecule has 4 aromatic rings. The van der Waals surface area contributed by atoms with E-state index in [4.69, 9.17) is 11.2 Å². The molecule has 0 saturated carbocycles. The van der Waals surface area contributed by atoms with Gasteiger partial charge in [0.2, 0.25) is 5.91 Å². The number of hydrogen-bond acceptors (Lipinski definition) is 5. The SMILES string of the molecule is C#Cc1ccccc1C(C(=O)Nc1ccc2ccccc2c1)N(C)C(=O)C(Cc1ccc(O)cc1)NC(=O)OC(C)(C)C. The summed E-state index contributed by atoms with van der Waals surface area (Å²) in [6, 6.07) is 24.3.